The van der Waals surface area contributed by atoms with Crippen LogP contribution in [-0.2, 0) is 16.1 Å². The minimum Gasteiger partial charge on any atom is -0.489 e. The molecule has 0 bridgehead atoms. The molecule has 0 aliphatic rings. The maximum absolute atomic E-state index is 13.0. The van der Waals surface area contributed by atoms with Crippen molar-refractivity contribution in [3.05, 3.63) is 138 Å². The second kappa shape index (κ2) is 13.7. The smallest absolute Gasteiger partial charge is 0.330 e. The average molecular weight is 506 g/mol. The van der Waals surface area contributed by atoms with E-state index in [1.54, 1.807) is 31.2 Å². The molecule has 0 aliphatic carbocycles. The van der Waals surface area contributed by atoms with E-state index >= 15 is 0 Å². The van der Waals surface area contributed by atoms with Crippen molar-refractivity contribution in [1.29, 1.82) is 0 Å². The third-order valence-electron chi connectivity index (χ3n) is 6.01. The Kier molecular flexibility index (Phi) is 9.57. The molecule has 4 rings (SSSR count). The second-order valence-electron chi connectivity index (χ2n) is 8.74. The SMILES string of the molecule is CCOC(=O)[C@@H](CCC(=O)c1ccc(OCc2ccccc2)cc1)N=C(c1ccccc1)c1ccccc1. The van der Waals surface area contributed by atoms with Gasteiger partial charge in [-0.1, -0.05) is 91.0 Å². The third-order valence-corrected chi connectivity index (χ3v) is 6.01. The Morgan fingerprint density at radius 3 is 1.82 bits per heavy atom. The Labute approximate surface area is 223 Å². The van der Waals surface area contributed by atoms with Gasteiger partial charge < -0.3 is 9.47 Å². The minimum atomic E-state index is -0.803. The molecule has 1 atom stereocenters. The second-order valence-corrected chi connectivity index (χ2v) is 8.74. The number of hydrogen-bond acceptors (Lipinski definition) is 5. The van der Waals surface area contributed by atoms with Gasteiger partial charge in [0.2, 0.25) is 0 Å². The molecule has 0 aromatic heterocycles. The molecule has 0 radical (unpaired) electrons. The van der Waals surface area contributed by atoms with E-state index in [1.165, 1.54) is 0 Å². The zero-order chi connectivity index (χ0) is 26.6. The van der Waals surface area contributed by atoms with Gasteiger partial charge >= 0.3 is 5.97 Å². The van der Waals surface area contributed by atoms with Crippen LogP contribution in [0.15, 0.2) is 120 Å². The monoisotopic (exact) mass is 505 g/mol. The molecule has 0 amide bonds. The van der Waals surface area contributed by atoms with Crippen molar-refractivity contribution in [2.45, 2.75) is 32.4 Å². The molecule has 4 aromatic rings. The predicted octanol–water partition coefficient (Wildman–Crippen LogP) is 6.70. The van der Waals surface area contributed by atoms with Crippen molar-refractivity contribution in [1.82, 2.24) is 0 Å². The van der Waals surface area contributed by atoms with Gasteiger partial charge in [-0.25, -0.2) is 4.79 Å². The van der Waals surface area contributed by atoms with Crippen LogP contribution in [0.4, 0.5) is 0 Å². The molecule has 0 saturated heterocycles. The molecule has 5 heteroatoms. The Morgan fingerprint density at radius 2 is 1.26 bits per heavy atom. The van der Waals surface area contributed by atoms with Gasteiger partial charge in [0, 0.05) is 23.1 Å². The van der Waals surface area contributed by atoms with Crippen molar-refractivity contribution in [3.8, 4) is 5.75 Å². The van der Waals surface area contributed by atoms with Crippen molar-refractivity contribution in [2.75, 3.05) is 6.61 Å². The molecule has 5 nitrogen and oxygen atoms in total. The molecule has 192 valence electrons. The predicted molar refractivity (Wildman–Crippen MR) is 150 cm³/mol. The molecule has 4 aromatic carbocycles. The standard InChI is InChI=1S/C33H31NO4/c1-2-37-33(36)30(34-32(27-14-8-4-9-15-27)28-16-10-5-11-17-28)22-23-31(35)26-18-20-29(21-19-26)38-24-25-12-6-3-7-13-25/h3-21,30H,2,22-24H2,1H3/t30-/m1/s1. The highest BCUT2D eigenvalue weighted by atomic mass is 16.5. The van der Waals surface area contributed by atoms with E-state index in [1.807, 2.05) is 91.0 Å². The number of rotatable bonds is 12. The zero-order valence-electron chi connectivity index (χ0n) is 21.5. The van der Waals surface area contributed by atoms with Gasteiger partial charge in [-0.3, -0.25) is 9.79 Å². The normalized spacial score (nSPS) is 11.3. The van der Waals surface area contributed by atoms with Crippen LogP contribution in [-0.4, -0.2) is 30.1 Å². The van der Waals surface area contributed by atoms with E-state index in [9.17, 15) is 9.59 Å². The van der Waals surface area contributed by atoms with Crippen molar-refractivity contribution in [3.63, 3.8) is 0 Å². The van der Waals surface area contributed by atoms with Gasteiger partial charge in [0.25, 0.3) is 0 Å². The summed E-state index contributed by atoms with van der Waals surface area (Å²) in [4.78, 5) is 30.7. The number of aliphatic imine (C=N–C) groups is 1. The summed E-state index contributed by atoms with van der Waals surface area (Å²) in [5.74, 6) is 0.189. The van der Waals surface area contributed by atoms with Crippen LogP contribution in [0, 0.1) is 0 Å². The molecule has 0 unspecified atom stereocenters. The molecule has 0 heterocycles. The van der Waals surface area contributed by atoms with Crippen molar-refractivity contribution in [2.24, 2.45) is 4.99 Å². The summed E-state index contributed by atoms with van der Waals surface area (Å²) in [6.45, 7) is 2.47. The zero-order valence-corrected chi connectivity index (χ0v) is 21.5. The summed E-state index contributed by atoms with van der Waals surface area (Å²) < 4.78 is 11.1. The maximum atomic E-state index is 13.0. The lowest BCUT2D eigenvalue weighted by Crippen LogP contribution is -2.25. The fourth-order valence-electron chi connectivity index (χ4n) is 4.03. The van der Waals surface area contributed by atoms with Crippen LogP contribution in [0.2, 0.25) is 0 Å². The number of carbonyl (C=O) groups excluding carboxylic acids is 2. The van der Waals surface area contributed by atoms with E-state index in [0.717, 1.165) is 16.7 Å². The maximum Gasteiger partial charge on any atom is 0.330 e. The number of carbonyl (C=O) groups is 2. The van der Waals surface area contributed by atoms with Crippen LogP contribution >= 0.6 is 0 Å². The number of ether oxygens (including phenoxy) is 2. The Hall–Kier alpha value is -4.51. The number of nitrogens with zero attached hydrogens (tertiary/aromatic N) is 1. The number of benzene rings is 4. The largest absolute Gasteiger partial charge is 0.489 e. The first-order valence-corrected chi connectivity index (χ1v) is 12.8. The quantitative estimate of drug-likeness (QED) is 0.122. The summed E-state index contributed by atoms with van der Waals surface area (Å²) in [5, 5.41) is 0. The number of Topliss-reactive ketones (excluding diaryl/α,β-unsaturated/α-hetero) is 1. The molecule has 0 aliphatic heterocycles. The number of hydrogen-bond donors (Lipinski definition) is 0. The van der Waals surface area contributed by atoms with Crippen LogP contribution in [0.3, 0.4) is 0 Å². The molecule has 0 saturated carbocycles. The van der Waals surface area contributed by atoms with Gasteiger partial charge in [-0.15, -0.1) is 0 Å². The Balaban J connectivity index is 1.47. The van der Waals surface area contributed by atoms with Crippen molar-refractivity contribution < 1.29 is 19.1 Å². The Bertz CT molecular complexity index is 1290. The first kappa shape index (κ1) is 26.6. The summed E-state index contributed by atoms with van der Waals surface area (Å²) in [5.41, 5.74) is 4.12. The summed E-state index contributed by atoms with van der Waals surface area (Å²) in [7, 11) is 0. The first-order chi connectivity index (χ1) is 18.6. The van der Waals surface area contributed by atoms with Crippen LogP contribution in [0.5, 0.6) is 5.75 Å². The fourth-order valence-corrected chi connectivity index (χ4v) is 4.03. The van der Waals surface area contributed by atoms with E-state index < -0.39 is 12.0 Å². The highest BCUT2D eigenvalue weighted by molar-refractivity contribution is 6.13. The highest BCUT2D eigenvalue weighted by Crippen LogP contribution is 2.19. The van der Waals surface area contributed by atoms with Crippen LogP contribution in [0.25, 0.3) is 0 Å². The van der Waals surface area contributed by atoms with Crippen molar-refractivity contribution >= 4 is 17.5 Å². The van der Waals surface area contributed by atoms with E-state index in [0.29, 0.717) is 23.6 Å². The number of esters is 1. The molecule has 38 heavy (non-hydrogen) atoms. The molecular weight excluding hydrogens is 474 g/mol. The fraction of sp³-hybridized carbons (Fsp3) is 0.182. The molecular formula is C33H31NO4. The topological polar surface area (TPSA) is 65.0 Å². The van der Waals surface area contributed by atoms with Crippen LogP contribution < -0.4 is 4.74 Å². The summed E-state index contributed by atoms with van der Waals surface area (Å²) in [6.07, 6.45) is 0.404. The number of ketones is 1. The van der Waals surface area contributed by atoms with Gasteiger partial charge in [0.15, 0.2) is 5.78 Å². The molecule has 0 N–H and O–H groups in total. The summed E-state index contributed by atoms with van der Waals surface area (Å²) in [6, 6.07) is 35.6. The first-order valence-electron chi connectivity index (χ1n) is 12.8. The van der Waals surface area contributed by atoms with Gasteiger partial charge in [0.1, 0.15) is 18.4 Å². The van der Waals surface area contributed by atoms with Gasteiger partial charge in [-0.2, -0.15) is 0 Å². The minimum absolute atomic E-state index is 0.0647. The third kappa shape index (κ3) is 7.50. The van der Waals surface area contributed by atoms with Gasteiger partial charge in [-0.05, 0) is 43.2 Å². The lowest BCUT2D eigenvalue weighted by molar-refractivity contribution is -0.144. The molecule has 0 spiro atoms. The lowest BCUT2D eigenvalue weighted by atomic mass is 10.00. The van der Waals surface area contributed by atoms with Gasteiger partial charge in [0.05, 0.1) is 12.3 Å². The van der Waals surface area contributed by atoms with E-state index in [4.69, 9.17) is 14.5 Å². The average Bonchev–Trinajstić information content (AvgIpc) is 2.98. The molecule has 0 fully saturated rings. The van der Waals surface area contributed by atoms with E-state index in [-0.39, 0.29) is 25.2 Å². The highest BCUT2D eigenvalue weighted by Gasteiger charge is 2.22. The van der Waals surface area contributed by atoms with Crippen LogP contribution in [0.1, 0.15) is 46.8 Å². The summed E-state index contributed by atoms with van der Waals surface area (Å²) >= 11 is 0. The Morgan fingerprint density at radius 1 is 0.711 bits per heavy atom. The lowest BCUT2D eigenvalue weighted by Gasteiger charge is -2.15. The van der Waals surface area contributed by atoms with E-state index in [2.05, 4.69) is 0 Å².